The Balaban J connectivity index is 0.000000921. The van der Waals surface area contributed by atoms with Crippen LogP contribution in [0.4, 0.5) is 34.1 Å². The molecule has 0 unspecified atom stereocenters. The van der Waals surface area contributed by atoms with Crippen LogP contribution in [0.15, 0.2) is 194 Å². The number of nitrogens with zero attached hydrogens (tertiary/aromatic N) is 2. The van der Waals surface area contributed by atoms with Crippen molar-refractivity contribution < 1.29 is 0 Å². The minimum atomic E-state index is 1.13. The predicted octanol–water partition coefficient (Wildman–Crippen LogP) is 16.6. The van der Waals surface area contributed by atoms with Gasteiger partial charge in [0.25, 0.3) is 0 Å². The molecule has 0 saturated carbocycles. The number of para-hydroxylation sites is 4. The summed E-state index contributed by atoms with van der Waals surface area (Å²) in [6, 6.07) is 68.3. The minimum Gasteiger partial charge on any atom is -0.311 e. The predicted molar refractivity (Wildman–Crippen MR) is 242 cm³/mol. The van der Waals surface area contributed by atoms with Gasteiger partial charge in [0.1, 0.15) is 0 Å². The Labute approximate surface area is 326 Å². The molecule has 0 aliphatic carbocycles. The second-order valence-corrected chi connectivity index (χ2v) is 11.1. The SMILES string of the molecule is C(=C\c1ccc(N(c2ccccc2)c2ccccc2)cc1)/c1ccc(-c2ccc(N(c3ccccc3)c3ccccc3)cc2)cc1.CC.CC.CC.CC. The number of rotatable bonds is 9. The molecule has 0 bridgehead atoms. The lowest BCUT2D eigenvalue weighted by Gasteiger charge is -2.25. The molecule has 7 rings (SSSR count). The van der Waals surface area contributed by atoms with Crippen LogP contribution < -0.4 is 9.80 Å². The van der Waals surface area contributed by atoms with Crippen LogP contribution >= 0.6 is 0 Å². The van der Waals surface area contributed by atoms with Crippen LogP contribution in [0.5, 0.6) is 0 Å². The van der Waals surface area contributed by atoms with E-state index in [4.69, 9.17) is 0 Å². The zero-order chi connectivity index (χ0) is 39.0. The molecule has 0 spiro atoms. The monoisotopic (exact) mass is 710 g/mol. The summed E-state index contributed by atoms with van der Waals surface area (Å²) in [5, 5.41) is 0. The maximum absolute atomic E-state index is 2.28. The van der Waals surface area contributed by atoms with E-state index in [1.54, 1.807) is 0 Å². The number of hydrogen-bond acceptors (Lipinski definition) is 2. The van der Waals surface area contributed by atoms with E-state index in [2.05, 4.69) is 216 Å². The van der Waals surface area contributed by atoms with Crippen molar-refractivity contribution in [2.45, 2.75) is 55.4 Å². The second kappa shape index (κ2) is 24.2. The van der Waals surface area contributed by atoms with Gasteiger partial charge in [0.05, 0.1) is 0 Å². The zero-order valence-electron chi connectivity index (χ0n) is 33.5. The zero-order valence-corrected chi connectivity index (χ0v) is 33.5. The first kappa shape index (κ1) is 42.3. The topological polar surface area (TPSA) is 6.48 Å². The van der Waals surface area contributed by atoms with Crippen molar-refractivity contribution in [1.29, 1.82) is 0 Å². The highest BCUT2D eigenvalue weighted by Crippen LogP contribution is 2.36. The van der Waals surface area contributed by atoms with Crippen molar-refractivity contribution in [3.63, 3.8) is 0 Å². The molecule has 0 atom stereocenters. The molecule has 2 nitrogen and oxygen atoms in total. The highest BCUT2D eigenvalue weighted by Gasteiger charge is 2.13. The molecule has 0 fully saturated rings. The van der Waals surface area contributed by atoms with E-state index >= 15 is 0 Å². The molecule has 0 amide bonds. The van der Waals surface area contributed by atoms with Gasteiger partial charge in [0.15, 0.2) is 0 Å². The number of anilines is 6. The van der Waals surface area contributed by atoms with Crippen molar-refractivity contribution in [2.24, 2.45) is 0 Å². The van der Waals surface area contributed by atoms with Crippen molar-refractivity contribution in [3.8, 4) is 11.1 Å². The highest BCUT2D eigenvalue weighted by atomic mass is 15.1. The molecule has 0 aliphatic heterocycles. The fraction of sp³-hybridized carbons (Fsp3) is 0.154. The highest BCUT2D eigenvalue weighted by molar-refractivity contribution is 5.80. The Hall–Kier alpha value is -6.12. The first-order valence-corrected chi connectivity index (χ1v) is 19.6. The molecule has 7 aromatic carbocycles. The molecular weight excluding hydrogens is 653 g/mol. The largest absolute Gasteiger partial charge is 0.311 e. The standard InChI is InChI=1S/C44H34N2.4C2H6/c1-5-13-39(14-6-1)45(40-15-7-2-8-16-40)43-31-25-36(26-32-43)22-21-35-23-27-37(28-24-35)38-29-33-44(34-30-38)46(41-17-9-3-10-18-41)42-19-11-4-12-20-42;4*1-2/h1-34H;4*1-2H3/b22-21+;;;;. The van der Waals surface area contributed by atoms with Crippen LogP contribution in [-0.4, -0.2) is 0 Å². The van der Waals surface area contributed by atoms with E-state index in [0.717, 1.165) is 39.7 Å². The Bertz CT molecular complexity index is 1910. The van der Waals surface area contributed by atoms with Gasteiger partial charge in [-0.3, -0.25) is 0 Å². The summed E-state index contributed by atoms with van der Waals surface area (Å²) in [6.07, 6.45) is 4.34. The average molecular weight is 711 g/mol. The summed E-state index contributed by atoms with van der Waals surface area (Å²) in [6.45, 7) is 16.0. The van der Waals surface area contributed by atoms with Gasteiger partial charge in [-0.25, -0.2) is 0 Å². The molecule has 7 aromatic rings. The minimum absolute atomic E-state index is 1.13. The Morgan fingerprint density at radius 1 is 0.241 bits per heavy atom. The van der Waals surface area contributed by atoms with Gasteiger partial charge in [-0.15, -0.1) is 0 Å². The van der Waals surface area contributed by atoms with Crippen molar-refractivity contribution in [3.05, 3.63) is 205 Å². The second-order valence-electron chi connectivity index (χ2n) is 11.1. The van der Waals surface area contributed by atoms with Crippen LogP contribution in [0, 0.1) is 0 Å². The maximum atomic E-state index is 2.28. The maximum Gasteiger partial charge on any atom is 0.0462 e. The third-order valence-corrected chi connectivity index (χ3v) is 8.05. The summed E-state index contributed by atoms with van der Waals surface area (Å²) in [7, 11) is 0. The van der Waals surface area contributed by atoms with Crippen molar-refractivity contribution in [2.75, 3.05) is 9.80 Å². The number of benzene rings is 7. The van der Waals surface area contributed by atoms with E-state index < -0.39 is 0 Å². The number of hydrogen-bond donors (Lipinski definition) is 0. The fourth-order valence-corrected chi connectivity index (χ4v) is 5.72. The Morgan fingerprint density at radius 3 is 0.722 bits per heavy atom. The molecule has 0 aromatic heterocycles. The lowest BCUT2D eigenvalue weighted by atomic mass is 10.0. The summed E-state index contributed by atoms with van der Waals surface area (Å²) in [5.41, 5.74) is 11.5. The molecule has 2 heteroatoms. The summed E-state index contributed by atoms with van der Waals surface area (Å²) in [5.74, 6) is 0. The third kappa shape index (κ3) is 11.7. The molecule has 0 saturated heterocycles. The van der Waals surface area contributed by atoms with Crippen LogP contribution in [0.1, 0.15) is 66.5 Å². The molecule has 0 heterocycles. The fourth-order valence-electron chi connectivity index (χ4n) is 5.72. The average Bonchev–Trinajstić information content (AvgIpc) is 3.28. The molecule has 276 valence electrons. The van der Waals surface area contributed by atoms with E-state index in [1.807, 2.05) is 55.4 Å². The first-order valence-electron chi connectivity index (χ1n) is 19.6. The molecular formula is C52H58N2. The van der Waals surface area contributed by atoms with Crippen molar-refractivity contribution >= 4 is 46.3 Å². The first-order chi connectivity index (χ1) is 26.8. The van der Waals surface area contributed by atoms with Gasteiger partial charge in [-0.05, 0) is 95.1 Å². The van der Waals surface area contributed by atoms with Crippen LogP contribution in [-0.2, 0) is 0 Å². The molecule has 54 heavy (non-hydrogen) atoms. The van der Waals surface area contributed by atoms with Crippen LogP contribution in [0.2, 0.25) is 0 Å². The molecule has 0 aliphatic rings. The summed E-state index contributed by atoms with van der Waals surface area (Å²) >= 11 is 0. The van der Waals surface area contributed by atoms with E-state index in [9.17, 15) is 0 Å². The normalized spacial score (nSPS) is 9.78. The Morgan fingerprint density at radius 2 is 0.444 bits per heavy atom. The lowest BCUT2D eigenvalue weighted by molar-refractivity contribution is 1.28. The third-order valence-electron chi connectivity index (χ3n) is 8.05. The Kier molecular flexibility index (Phi) is 18.9. The van der Waals surface area contributed by atoms with Crippen LogP contribution in [0.3, 0.4) is 0 Å². The molecule has 0 radical (unpaired) electrons. The summed E-state index contributed by atoms with van der Waals surface area (Å²) < 4.78 is 0. The smallest absolute Gasteiger partial charge is 0.0462 e. The van der Waals surface area contributed by atoms with Gasteiger partial charge in [0.2, 0.25) is 0 Å². The van der Waals surface area contributed by atoms with Crippen molar-refractivity contribution in [1.82, 2.24) is 0 Å². The summed E-state index contributed by atoms with van der Waals surface area (Å²) in [4.78, 5) is 4.56. The lowest BCUT2D eigenvalue weighted by Crippen LogP contribution is -2.09. The van der Waals surface area contributed by atoms with Gasteiger partial charge in [0, 0.05) is 34.1 Å². The van der Waals surface area contributed by atoms with E-state index in [1.165, 1.54) is 16.7 Å². The van der Waals surface area contributed by atoms with Gasteiger partial charge in [-0.1, -0.05) is 189 Å². The van der Waals surface area contributed by atoms with Gasteiger partial charge in [-0.2, -0.15) is 0 Å². The molecule has 0 N–H and O–H groups in total. The van der Waals surface area contributed by atoms with E-state index in [-0.39, 0.29) is 0 Å². The van der Waals surface area contributed by atoms with Gasteiger partial charge >= 0.3 is 0 Å². The van der Waals surface area contributed by atoms with Crippen LogP contribution in [0.25, 0.3) is 23.3 Å². The quantitative estimate of drug-likeness (QED) is 0.138. The van der Waals surface area contributed by atoms with E-state index in [0.29, 0.717) is 0 Å². The van der Waals surface area contributed by atoms with Gasteiger partial charge < -0.3 is 9.80 Å².